The second-order valence-electron chi connectivity index (χ2n) is 5.10. The number of hydrogen-bond acceptors (Lipinski definition) is 3. The number of nitrogens with zero attached hydrogens (tertiary/aromatic N) is 1. The third-order valence-electron chi connectivity index (χ3n) is 3.64. The van der Waals surface area contributed by atoms with Crippen LogP contribution in [0.1, 0.15) is 37.2 Å². The Kier molecular flexibility index (Phi) is 4.74. The molecule has 0 aromatic heterocycles. The van der Waals surface area contributed by atoms with Gasteiger partial charge in [0.05, 0.1) is 6.42 Å². The third-order valence-corrected chi connectivity index (χ3v) is 3.64. The van der Waals surface area contributed by atoms with Gasteiger partial charge in [0.1, 0.15) is 0 Å². The van der Waals surface area contributed by atoms with E-state index in [0.717, 1.165) is 24.1 Å². The summed E-state index contributed by atoms with van der Waals surface area (Å²) in [6.07, 6.45) is 2.13. The first-order valence-electron chi connectivity index (χ1n) is 6.94. The SMILES string of the molecule is NCCCCC(=O)N1CC(CC(=O)O)c2ccccc21. The average Bonchev–Trinajstić information content (AvgIpc) is 2.78. The highest BCUT2D eigenvalue weighted by Gasteiger charge is 2.32. The fourth-order valence-corrected chi connectivity index (χ4v) is 2.67. The fraction of sp³-hybridized carbons (Fsp3) is 0.467. The summed E-state index contributed by atoms with van der Waals surface area (Å²) in [7, 11) is 0. The molecule has 5 nitrogen and oxygen atoms in total. The number of rotatable bonds is 6. The van der Waals surface area contributed by atoms with Crippen LogP contribution < -0.4 is 10.6 Å². The van der Waals surface area contributed by atoms with Crippen molar-refractivity contribution >= 4 is 17.6 Å². The second kappa shape index (κ2) is 6.52. The number of carboxylic acid groups (broad SMARTS) is 1. The van der Waals surface area contributed by atoms with Gasteiger partial charge in [-0.3, -0.25) is 9.59 Å². The minimum atomic E-state index is -0.831. The highest BCUT2D eigenvalue weighted by Crippen LogP contribution is 2.38. The second-order valence-corrected chi connectivity index (χ2v) is 5.10. The number of unbranched alkanes of at least 4 members (excludes halogenated alkanes) is 1. The topological polar surface area (TPSA) is 83.6 Å². The number of hydrogen-bond donors (Lipinski definition) is 2. The Hall–Kier alpha value is -1.88. The normalized spacial score (nSPS) is 17.1. The molecule has 0 spiro atoms. The number of carboxylic acids is 1. The Balaban J connectivity index is 2.12. The number of amides is 1. The number of benzene rings is 1. The Morgan fingerprint density at radius 2 is 2.05 bits per heavy atom. The zero-order chi connectivity index (χ0) is 14.5. The van der Waals surface area contributed by atoms with E-state index in [1.54, 1.807) is 4.90 Å². The number of aliphatic carboxylic acids is 1. The number of para-hydroxylation sites is 1. The van der Waals surface area contributed by atoms with Gasteiger partial charge in [-0.2, -0.15) is 0 Å². The monoisotopic (exact) mass is 276 g/mol. The maximum absolute atomic E-state index is 12.3. The number of carbonyl (C=O) groups excluding carboxylic acids is 1. The van der Waals surface area contributed by atoms with E-state index in [1.165, 1.54) is 0 Å². The van der Waals surface area contributed by atoms with Crippen LogP contribution in [0, 0.1) is 0 Å². The molecule has 0 saturated carbocycles. The minimum Gasteiger partial charge on any atom is -0.481 e. The summed E-state index contributed by atoms with van der Waals surface area (Å²) in [6, 6.07) is 7.56. The van der Waals surface area contributed by atoms with Crippen molar-refractivity contribution in [2.45, 2.75) is 31.6 Å². The van der Waals surface area contributed by atoms with Crippen LogP contribution in [0.4, 0.5) is 5.69 Å². The lowest BCUT2D eigenvalue weighted by molar-refractivity contribution is -0.137. The van der Waals surface area contributed by atoms with Gasteiger partial charge in [-0.25, -0.2) is 0 Å². The third kappa shape index (κ3) is 3.17. The first-order valence-corrected chi connectivity index (χ1v) is 6.94. The summed E-state index contributed by atoms with van der Waals surface area (Å²) >= 11 is 0. The van der Waals surface area contributed by atoms with Gasteiger partial charge in [-0.05, 0) is 31.0 Å². The Morgan fingerprint density at radius 3 is 2.75 bits per heavy atom. The molecule has 1 aliphatic rings. The van der Waals surface area contributed by atoms with Crippen LogP contribution in [0.25, 0.3) is 0 Å². The predicted octanol–water partition coefficient (Wildman–Crippen LogP) is 1.72. The molecule has 3 N–H and O–H groups in total. The van der Waals surface area contributed by atoms with Gasteiger partial charge in [0.2, 0.25) is 5.91 Å². The molecule has 0 fully saturated rings. The van der Waals surface area contributed by atoms with Crippen LogP contribution in [-0.4, -0.2) is 30.1 Å². The summed E-state index contributed by atoms with van der Waals surface area (Å²) in [6.45, 7) is 1.05. The molecule has 0 radical (unpaired) electrons. The van der Waals surface area contributed by atoms with E-state index in [0.29, 0.717) is 19.5 Å². The Labute approximate surface area is 118 Å². The van der Waals surface area contributed by atoms with E-state index < -0.39 is 5.97 Å². The van der Waals surface area contributed by atoms with Crippen LogP contribution in [0.2, 0.25) is 0 Å². The van der Waals surface area contributed by atoms with Gasteiger partial charge in [0.15, 0.2) is 0 Å². The van der Waals surface area contributed by atoms with Crippen molar-refractivity contribution in [2.24, 2.45) is 5.73 Å². The van der Waals surface area contributed by atoms with E-state index in [4.69, 9.17) is 10.8 Å². The van der Waals surface area contributed by atoms with Crippen molar-refractivity contribution in [2.75, 3.05) is 18.0 Å². The standard InChI is InChI=1S/C15H20N2O3/c16-8-4-3-7-14(18)17-10-11(9-15(19)20)12-5-1-2-6-13(12)17/h1-2,5-6,11H,3-4,7-10,16H2,(H,19,20). The van der Waals surface area contributed by atoms with E-state index >= 15 is 0 Å². The molecule has 2 rings (SSSR count). The summed E-state index contributed by atoms with van der Waals surface area (Å²) in [4.78, 5) is 24.9. The molecule has 1 heterocycles. The van der Waals surface area contributed by atoms with Gasteiger partial charge in [-0.15, -0.1) is 0 Å². The van der Waals surface area contributed by atoms with Crippen LogP contribution >= 0.6 is 0 Å². The van der Waals surface area contributed by atoms with E-state index in [9.17, 15) is 9.59 Å². The molecule has 20 heavy (non-hydrogen) atoms. The minimum absolute atomic E-state index is 0.0544. The molecule has 1 amide bonds. The smallest absolute Gasteiger partial charge is 0.304 e. The zero-order valence-electron chi connectivity index (χ0n) is 11.4. The van der Waals surface area contributed by atoms with E-state index in [-0.39, 0.29) is 18.2 Å². The summed E-state index contributed by atoms with van der Waals surface area (Å²) in [5, 5.41) is 8.98. The molecule has 1 unspecified atom stereocenters. The first-order chi connectivity index (χ1) is 9.63. The zero-order valence-corrected chi connectivity index (χ0v) is 11.4. The maximum atomic E-state index is 12.3. The highest BCUT2D eigenvalue weighted by molar-refractivity contribution is 5.96. The van der Waals surface area contributed by atoms with Crippen LogP contribution in [0.15, 0.2) is 24.3 Å². The molecule has 0 bridgehead atoms. The number of anilines is 1. The molecule has 1 aromatic rings. The summed E-state index contributed by atoms with van der Waals surface area (Å²) in [5.41, 5.74) is 7.25. The predicted molar refractivity (Wildman–Crippen MR) is 76.7 cm³/mol. The fourth-order valence-electron chi connectivity index (χ4n) is 2.67. The van der Waals surface area contributed by atoms with E-state index in [2.05, 4.69) is 0 Å². The van der Waals surface area contributed by atoms with Crippen molar-refractivity contribution < 1.29 is 14.7 Å². The number of nitrogens with two attached hydrogens (primary N) is 1. The molecule has 0 saturated heterocycles. The lowest BCUT2D eigenvalue weighted by Crippen LogP contribution is -2.30. The van der Waals surface area contributed by atoms with Gasteiger partial charge < -0.3 is 15.7 Å². The molecule has 108 valence electrons. The van der Waals surface area contributed by atoms with Crippen molar-refractivity contribution in [3.8, 4) is 0 Å². The molecular formula is C15H20N2O3. The highest BCUT2D eigenvalue weighted by atomic mass is 16.4. The molecule has 5 heteroatoms. The first kappa shape index (κ1) is 14.5. The van der Waals surface area contributed by atoms with Gasteiger partial charge in [-0.1, -0.05) is 18.2 Å². The molecule has 0 aliphatic carbocycles. The van der Waals surface area contributed by atoms with Crippen molar-refractivity contribution in [3.63, 3.8) is 0 Å². The van der Waals surface area contributed by atoms with Crippen LogP contribution in [0.5, 0.6) is 0 Å². The lowest BCUT2D eigenvalue weighted by atomic mass is 9.98. The van der Waals surface area contributed by atoms with Crippen molar-refractivity contribution in [1.29, 1.82) is 0 Å². The van der Waals surface area contributed by atoms with Crippen molar-refractivity contribution in [3.05, 3.63) is 29.8 Å². The molecule has 1 aliphatic heterocycles. The van der Waals surface area contributed by atoms with Crippen molar-refractivity contribution in [1.82, 2.24) is 0 Å². The maximum Gasteiger partial charge on any atom is 0.304 e. The number of fused-ring (bicyclic) bond motifs is 1. The largest absolute Gasteiger partial charge is 0.481 e. The summed E-state index contributed by atoms with van der Waals surface area (Å²) < 4.78 is 0. The van der Waals surface area contributed by atoms with Gasteiger partial charge >= 0.3 is 5.97 Å². The Morgan fingerprint density at radius 1 is 1.30 bits per heavy atom. The average molecular weight is 276 g/mol. The molecule has 1 aromatic carbocycles. The van der Waals surface area contributed by atoms with E-state index in [1.807, 2.05) is 24.3 Å². The summed E-state index contributed by atoms with van der Waals surface area (Å²) in [5.74, 6) is -0.886. The Bertz CT molecular complexity index is 502. The lowest BCUT2D eigenvalue weighted by Gasteiger charge is -2.17. The van der Waals surface area contributed by atoms with Gasteiger partial charge in [0, 0.05) is 24.6 Å². The van der Waals surface area contributed by atoms with Crippen LogP contribution in [0.3, 0.4) is 0 Å². The van der Waals surface area contributed by atoms with Crippen LogP contribution in [-0.2, 0) is 9.59 Å². The quantitative estimate of drug-likeness (QED) is 0.775. The molecule has 1 atom stereocenters. The number of carbonyl (C=O) groups is 2. The molecular weight excluding hydrogens is 256 g/mol. The van der Waals surface area contributed by atoms with Gasteiger partial charge in [0.25, 0.3) is 0 Å².